The van der Waals surface area contributed by atoms with Gasteiger partial charge < -0.3 is 0 Å². The highest BCUT2D eigenvalue weighted by Gasteiger charge is 2.16. The maximum absolute atomic E-state index is 13.5. The summed E-state index contributed by atoms with van der Waals surface area (Å²) < 4.78 is 26.5. The van der Waals surface area contributed by atoms with E-state index >= 15 is 0 Å². The van der Waals surface area contributed by atoms with Crippen LogP contribution in [0.25, 0.3) is 0 Å². The summed E-state index contributed by atoms with van der Waals surface area (Å²) >= 11 is 0.848. The summed E-state index contributed by atoms with van der Waals surface area (Å²) in [7, 11) is 0. The van der Waals surface area contributed by atoms with Crippen LogP contribution in [-0.4, -0.2) is 16.5 Å². The van der Waals surface area contributed by atoms with Crippen LogP contribution in [0.3, 0.4) is 0 Å². The maximum Gasteiger partial charge on any atom is 0.273 e. The monoisotopic (exact) mass is 323 g/mol. The minimum Gasteiger partial charge on any atom is -0.293 e. The van der Waals surface area contributed by atoms with Gasteiger partial charge in [0, 0.05) is 22.1 Å². The molecule has 0 fully saturated rings. The molecular weight excluding hydrogens is 312 g/mol. The minimum atomic E-state index is -0.617. The Labute approximate surface area is 129 Å². The largest absolute Gasteiger partial charge is 0.293 e. The van der Waals surface area contributed by atoms with Gasteiger partial charge in [-0.05, 0) is 25.1 Å². The molecule has 0 aromatic heterocycles. The van der Waals surface area contributed by atoms with Crippen molar-refractivity contribution in [2.24, 2.45) is 0 Å². The first-order chi connectivity index (χ1) is 10.4. The normalized spacial score (nSPS) is 10.5. The van der Waals surface area contributed by atoms with E-state index in [9.17, 15) is 23.7 Å². The van der Waals surface area contributed by atoms with E-state index in [1.807, 2.05) is 0 Å². The predicted octanol–water partition coefficient (Wildman–Crippen LogP) is 4.16. The molecule has 2 aromatic carbocycles. The molecule has 0 spiro atoms. The number of hydrogen-bond acceptors (Lipinski definition) is 4. The van der Waals surface area contributed by atoms with Gasteiger partial charge >= 0.3 is 0 Å². The Hall–Kier alpha value is -2.28. The molecule has 0 aliphatic rings. The lowest BCUT2D eigenvalue weighted by Gasteiger charge is -2.04. The van der Waals surface area contributed by atoms with Crippen molar-refractivity contribution in [1.82, 2.24) is 0 Å². The molecular formula is C15H11F2NO3S. The molecule has 0 saturated heterocycles. The van der Waals surface area contributed by atoms with Gasteiger partial charge in [0.2, 0.25) is 0 Å². The minimum absolute atomic E-state index is 0.0231. The molecule has 0 bridgehead atoms. The summed E-state index contributed by atoms with van der Waals surface area (Å²) in [5.74, 6) is -1.74. The molecule has 0 radical (unpaired) electrons. The first-order valence-corrected chi connectivity index (χ1v) is 7.23. The van der Waals surface area contributed by atoms with Crippen molar-refractivity contribution in [1.29, 1.82) is 0 Å². The molecule has 114 valence electrons. The second-order valence-electron chi connectivity index (χ2n) is 4.54. The van der Waals surface area contributed by atoms with E-state index in [-0.39, 0.29) is 21.9 Å². The van der Waals surface area contributed by atoms with Gasteiger partial charge in [0.1, 0.15) is 11.6 Å². The number of thioether (sulfide) groups is 1. The second kappa shape index (κ2) is 6.65. The van der Waals surface area contributed by atoms with Gasteiger partial charge in [-0.15, -0.1) is 11.8 Å². The van der Waals surface area contributed by atoms with Crippen molar-refractivity contribution in [3.05, 3.63) is 69.3 Å². The summed E-state index contributed by atoms with van der Waals surface area (Å²) in [6, 6.07) is 7.14. The number of nitrogens with zero attached hydrogens (tertiary/aromatic N) is 1. The van der Waals surface area contributed by atoms with E-state index in [0.717, 1.165) is 30.0 Å². The number of rotatable bonds is 5. The Balaban J connectivity index is 2.14. The number of benzene rings is 2. The van der Waals surface area contributed by atoms with Crippen LogP contribution in [0.15, 0.2) is 41.3 Å². The average Bonchev–Trinajstić information content (AvgIpc) is 2.48. The number of nitro groups is 1. The molecule has 22 heavy (non-hydrogen) atoms. The summed E-state index contributed by atoms with van der Waals surface area (Å²) in [4.78, 5) is 22.4. The standard InChI is InChI=1S/C15H11F2NO3S/c1-9-2-3-10(6-13(9)18(20)21)14(19)8-22-15-7-11(16)4-5-12(15)17/h2-7H,8H2,1H3. The summed E-state index contributed by atoms with van der Waals surface area (Å²) in [5.41, 5.74) is 0.472. The van der Waals surface area contributed by atoms with Gasteiger partial charge in [-0.1, -0.05) is 12.1 Å². The van der Waals surface area contributed by atoms with Gasteiger partial charge in [0.15, 0.2) is 5.78 Å². The van der Waals surface area contributed by atoms with Crippen LogP contribution in [0.1, 0.15) is 15.9 Å². The van der Waals surface area contributed by atoms with E-state index in [2.05, 4.69) is 0 Å². The fourth-order valence-corrected chi connectivity index (χ4v) is 2.65. The summed E-state index contributed by atoms with van der Waals surface area (Å²) in [6.45, 7) is 1.57. The van der Waals surface area contributed by atoms with Crippen molar-refractivity contribution >= 4 is 23.2 Å². The van der Waals surface area contributed by atoms with Crippen molar-refractivity contribution in [2.75, 3.05) is 5.75 Å². The Morgan fingerprint density at radius 2 is 1.95 bits per heavy atom. The topological polar surface area (TPSA) is 60.2 Å². The van der Waals surface area contributed by atoms with E-state index in [4.69, 9.17) is 0 Å². The molecule has 2 aromatic rings. The number of Topliss-reactive ketones (excluding diaryl/α,β-unsaturated/α-hetero) is 1. The maximum atomic E-state index is 13.5. The Morgan fingerprint density at radius 3 is 2.64 bits per heavy atom. The van der Waals surface area contributed by atoms with Gasteiger partial charge in [-0.25, -0.2) is 8.78 Å². The molecule has 0 aliphatic carbocycles. The lowest BCUT2D eigenvalue weighted by atomic mass is 10.1. The number of halogens is 2. The van der Waals surface area contributed by atoms with Crippen molar-refractivity contribution < 1.29 is 18.5 Å². The fraction of sp³-hybridized carbons (Fsp3) is 0.133. The van der Waals surface area contributed by atoms with Crippen LogP contribution in [-0.2, 0) is 0 Å². The summed E-state index contributed by atoms with van der Waals surface area (Å²) in [6.07, 6.45) is 0. The smallest absolute Gasteiger partial charge is 0.273 e. The predicted molar refractivity (Wildman–Crippen MR) is 79.2 cm³/mol. The van der Waals surface area contributed by atoms with Crippen molar-refractivity contribution in [3.63, 3.8) is 0 Å². The highest BCUT2D eigenvalue weighted by molar-refractivity contribution is 8.00. The van der Waals surface area contributed by atoms with E-state index in [1.54, 1.807) is 6.92 Å². The van der Waals surface area contributed by atoms with Gasteiger partial charge in [0.05, 0.1) is 10.7 Å². The highest BCUT2D eigenvalue weighted by atomic mass is 32.2. The third-order valence-electron chi connectivity index (χ3n) is 2.98. The fourth-order valence-electron chi connectivity index (χ4n) is 1.79. The van der Waals surface area contributed by atoms with Crippen LogP contribution in [0.5, 0.6) is 0 Å². The molecule has 0 N–H and O–H groups in total. The van der Waals surface area contributed by atoms with Gasteiger partial charge in [-0.2, -0.15) is 0 Å². The van der Waals surface area contributed by atoms with Crippen molar-refractivity contribution in [3.8, 4) is 0 Å². The average molecular weight is 323 g/mol. The Kier molecular flexibility index (Phi) is 4.87. The third kappa shape index (κ3) is 3.67. The molecule has 0 heterocycles. The molecule has 4 nitrogen and oxygen atoms in total. The summed E-state index contributed by atoms with van der Waals surface area (Å²) in [5, 5.41) is 10.9. The molecule has 0 aliphatic heterocycles. The Morgan fingerprint density at radius 1 is 1.23 bits per heavy atom. The van der Waals surface area contributed by atoms with E-state index in [1.165, 1.54) is 18.2 Å². The van der Waals surface area contributed by atoms with Crippen molar-refractivity contribution in [2.45, 2.75) is 11.8 Å². The number of carbonyl (C=O) groups is 1. The third-order valence-corrected chi connectivity index (χ3v) is 4.01. The number of aryl methyl sites for hydroxylation is 1. The zero-order chi connectivity index (χ0) is 16.3. The molecule has 7 heteroatoms. The number of ketones is 1. The zero-order valence-corrected chi connectivity index (χ0v) is 12.3. The van der Waals surface area contributed by atoms with Gasteiger partial charge in [0.25, 0.3) is 5.69 Å². The van der Waals surface area contributed by atoms with Crippen LogP contribution in [0.2, 0.25) is 0 Å². The van der Waals surface area contributed by atoms with Crippen LogP contribution >= 0.6 is 11.8 Å². The highest BCUT2D eigenvalue weighted by Crippen LogP contribution is 2.25. The van der Waals surface area contributed by atoms with Gasteiger partial charge in [-0.3, -0.25) is 14.9 Å². The zero-order valence-electron chi connectivity index (χ0n) is 11.5. The van der Waals surface area contributed by atoms with Crippen LogP contribution < -0.4 is 0 Å². The molecule has 0 amide bonds. The van der Waals surface area contributed by atoms with E-state index in [0.29, 0.717) is 5.56 Å². The lowest BCUT2D eigenvalue weighted by Crippen LogP contribution is -2.04. The van der Waals surface area contributed by atoms with E-state index < -0.39 is 22.3 Å². The molecule has 2 rings (SSSR count). The number of nitro benzene ring substituents is 1. The number of carbonyl (C=O) groups excluding carboxylic acids is 1. The number of hydrogen-bond donors (Lipinski definition) is 0. The lowest BCUT2D eigenvalue weighted by molar-refractivity contribution is -0.385. The molecule has 0 unspecified atom stereocenters. The first kappa shape index (κ1) is 16.1. The first-order valence-electron chi connectivity index (χ1n) is 6.24. The quantitative estimate of drug-likeness (QED) is 0.359. The molecule has 0 saturated carbocycles. The van der Waals surface area contributed by atoms with Crippen LogP contribution in [0, 0.1) is 28.7 Å². The Bertz CT molecular complexity index is 750. The molecule has 0 atom stereocenters. The van der Waals surface area contributed by atoms with Crippen LogP contribution in [0.4, 0.5) is 14.5 Å². The second-order valence-corrected chi connectivity index (χ2v) is 5.56. The SMILES string of the molecule is Cc1ccc(C(=O)CSc2cc(F)ccc2F)cc1[N+](=O)[O-].